The second-order valence-electron chi connectivity index (χ2n) is 8.63. The van der Waals surface area contributed by atoms with Gasteiger partial charge in [0.25, 0.3) is 5.56 Å². The summed E-state index contributed by atoms with van der Waals surface area (Å²) in [5, 5.41) is 4.55. The van der Waals surface area contributed by atoms with E-state index in [-0.39, 0.29) is 29.4 Å². The van der Waals surface area contributed by atoms with Gasteiger partial charge in [-0.05, 0) is 56.9 Å². The van der Waals surface area contributed by atoms with E-state index in [0.717, 1.165) is 74.6 Å². The zero-order valence-electron chi connectivity index (χ0n) is 17.3. The molecule has 0 unspecified atom stereocenters. The van der Waals surface area contributed by atoms with Crippen molar-refractivity contribution in [3.8, 4) is 0 Å². The summed E-state index contributed by atoms with van der Waals surface area (Å²) < 4.78 is 7.50. The SMILES string of the molecule is O=C(CSc1nc2sc3c(c2c(=O)n1C1CCCC1)CCCC3)NC[C@@H]1CCCO1. The fraction of sp³-hybridized carbons (Fsp3) is 0.682. The number of carbonyl (C=O) groups excluding carboxylic acids is 1. The van der Waals surface area contributed by atoms with Crippen LogP contribution in [0, 0.1) is 0 Å². The maximum atomic E-state index is 13.6. The van der Waals surface area contributed by atoms with Crippen LogP contribution in [0.5, 0.6) is 0 Å². The number of carbonyl (C=O) groups is 1. The molecule has 1 saturated heterocycles. The zero-order valence-corrected chi connectivity index (χ0v) is 18.9. The molecule has 6 nitrogen and oxygen atoms in total. The van der Waals surface area contributed by atoms with Crippen molar-refractivity contribution in [3.63, 3.8) is 0 Å². The van der Waals surface area contributed by atoms with E-state index >= 15 is 0 Å². The highest BCUT2D eigenvalue weighted by atomic mass is 32.2. The molecular weight excluding hydrogens is 418 g/mol. The largest absolute Gasteiger partial charge is 0.376 e. The molecule has 162 valence electrons. The summed E-state index contributed by atoms with van der Waals surface area (Å²) in [5.74, 6) is 0.260. The van der Waals surface area contributed by atoms with E-state index in [2.05, 4.69) is 5.32 Å². The van der Waals surface area contributed by atoms with Crippen LogP contribution in [0.15, 0.2) is 9.95 Å². The highest BCUT2D eigenvalue weighted by molar-refractivity contribution is 7.99. The van der Waals surface area contributed by atoms with Crippen molar-refractivity contribution < 1.29 is 9.53 Å². The van der Waals surface area contributed by atoms with Crippen molar-refractivity contribution in [1.29, 1.82) is 0 Å². The number of thiophene rings is 1. The second kappa shape index (κ2) is 9.01. The minimum Gasteiger partial charge on any atom is -0.376 e. The molecule has 1 amide bonds. The molecule has 0 radical (unpaired) electrons. The molecule has 1 aliphatic heterocycles. The van der Waals surface area contributed by atoms with Crippen molar-refractivity contribution in [2.75, 3.05) is 18.9 Å². The minimum absolute atomic E-state index is 0.0201. The molecule has 2 fully saturated rings. The third-order valence-corrected chi connectivity index (χ3v) is 8.70. The Morgan fingerprint density at radius 2 is 2.00 bits per heavy atom. The predicted molar refractivity (Wildman–Crippen MR) is 121 cm³/mol. The molecule has 3 aliphatic rings. The molecule has 8 heteroatoms. The number of amides is 1. The lowest BCUT2D eigenvalue weighted by Gasteiger charge is -2.18. The van der Waals surface area contributed by atoms with Gasteiger partial charge in [0, 0.05) is 24.1 Å². The van der Waals surface area contributed by atoms with Gasteiger partial charge in [-0.3, -0.25) is 14.2 Å². The number of aryl methyl sites for hydroxylation is 2. The Morgan fingerprint density at radius 3 is 2.80 bits per heavy atom. The standard InChI is InChI=1S/C22H29N3O3S2/c26-18(23-12-15-8-5-11-28-15)13-29-22-24-20-19(16-9-3-4-10-17(16)30-20)21(27)25(22)14-6-1-2-7-14/h14-15H,1-13H2,(H,23,26)/t15-/m0/s1. The summed E-state index contributed by atoms with van der Waals surface area (Å²) in [7, 11) is 0. The average Bonchev–Trinajstić information content (AvgIpc) is 3.51. The molecule has 2 aliphatic carbocycles. The fourth-order valence-electron chi connectivity index (χ4n) is 5.00. The van der Waals surface area contributed by atoms with Crippen molar-refractivity contribution in [3.05, 3.63) is 20.8 Å². The van der Waals surface area contributed by atoms with Crippen LogP contribution in [0.25, 0.3) is 10.2 Å². The molecule has 2 aromatic rings. The maximum absolute atomic E-state index is 13.6. The Balaban J connectivity index is 1.40. The molecule has 0 spiro atoms. The molecule has 2 aromatic heterocycles. The van der Waals surface area contributed by atoms with E-state index in [1.807, 2.05) is 4.57 Å². The van der Waals surface area contributed by atoms with Crippen LogP contribution in [0.2, 0.25) is 0 Å². The average molecular weight is 448 g/mol. The number of ether oxygens (including phenoxy) is 1. The van der Waals surface area contributed by atoms with Gasteiger partial charge in [0.05, 0.1) is 17.2 Å². The number of nitrogens with zero attached hydrogens (tertiary/aromatic N) is 2. The summed E-state index contributed by atoms with van der Waals surface area (Å²) >= 11 is 3.09. The smallest absolute Gasteiger partial charge is 0.263 e. The zero-order chi connectivity index (χ0) is 20.5. The Morgan fingerprint density at radius 1 is 1.17 bits per heavy atom. The van der Waals surface area contributed by atoms with Crippen LogP contribution in [0.3, 0.4) is 0 Å². The summed E-state index contributed by atoms with van der Waals surface area (Å²) in [5.41, 5.74) is 1.37. The van der Waals surface area contributed by atoms with Gasteiger partial charge in [-0.25, -0.2) is 4.98 Å². The minimum atomic E-state index is -0.0201. The third kappa shape index (κ3) is 4.06. The van der Waals surface area contributed by atoms with Gasteiger partial charge in [-0.2, -0.15) is 0 Å². The molecule has 1 atom stereocenters. The van der Waals surface area contributed by atoms with Crippen LogP contribution in [0.1, 0.15) is 67.8 Å². The second-order valence-corrected chi connectivity index (χ2v) is 10.7. The number of aromatic nitrogens is 2. The fourth-order valence-corrected chi connectivity index (χ4v) is 7.20. The van der Waals surface area contributed by atoms with Gasteiger partial charge in [0.1, 0.15) is 4.83 Å². The lowest BCUT2D eigenvalue weighted by Crippen LogP contribution is -2.33. The third-order valence-electron chi connectivity index (χ3n) is 6.56. The van der Waals surface area contributed by atoms with Crippen molar-refractivity contribution in [1.82, 2.24) is 14.9 Å². The Bertz CT molecular complexity index is 988. The number of rotatable bonds is 6. The van der Waals surface area contributed by atoms with Crippen molar-refractivity contribution >= 4 is 39.2 Å². The first kappa shape index (κ1) is 20.5. The molecule has 30 heavy (non-hydrogen) atoms. The highest BCUT2D eigenvalue weighted by Crippen LogP contribution is 2.37. The van der Waals surface area contributed by atoms with Gasteiger partial charge in [0.2, 0.25) is 5.91 Å². The summed E-state index contributed by atoms with van der Waals surface area (Å²) in [6.45, 7) is 1.36. The van der Waals surface area contributed by atoms with Crippen LogP contribution in [0.4, 0.5) is 0 Å². The lowest BCUT2D eigenvalue weighted by molar-refractivity contribution is -0.119. The number of hydrogen-bond acceptors (Lipinski definition) is 6. The van der Waals surface area contributed by atoms with Gasteiger partial charge in [0.15, 0.2) is 5.16 Å². The van der Waals surface area contributed by atoms with Gasteiger partial charge >= 0.3 is 0 Å². The van der Waals surface area contributed by atoms with Crippen LogP contribution >= 0.6 is 23.1 Å². The Labute approximate surface area is 184 Å². The first-order valence-corrected chi connectivity index (χ1v) is 13.1. The summed E-state index contributed by atoms with van der Waals surface area (Å²) in [6, 6.07) is 0.214. The molecule has 0 bridgehead atoms. The van der Waals surface area contributed by atoms with E-state index in [9.17, 15) is 9.59 Å². The molecule has 5 rings (SSSR count). The topological polar surface area (TPSA) is 73.2 Å². The first-order valence-electron chi connectivity index (χ1n) is 11.3. The predicted octanol–water partition coefficient (Wildman–Crippen LogP) is 3.84. The monoisotopic (exact) mass is 447 g/mol. The summed E-state index contributed by atoms with van der Waals surface area (Å²) in [4.78, 5) is 33.2. The number of hydrogen-bond donors (Lipinski definition) is 1. The maximum Gasteiger partial charge on any atom is 0.263 e. The van der Waals surface area contributed by atoms with Gasteiger partial charge in [-0.15, -0.1) is 11.3 Å². The van der Waals surface area contributed by atoms with E-state index in [4.69, 9.17) is 9.72 Å². The van der Waals surface area contributed by atoms with Crippen LogP contribution < -0.4 is 10.9 Å². The van der Waals surface area contributed by atoms with Crippen molar-refractivity contribution in [2.45, 2.75) is 81.5 Å². The van der Waals surface area contributed by atoms with E-state index in [0.29, 0.717) is 11.7 Å². The normalized spacial score (nSPS) is 21.9. The van der Waals surface area contributed by atoms with E-state index in [1.165, 1.54) is 28.6 Å². The number of fused-ring (bicyclic) bond motifs is 3. The van der Waals surface area contributed by atoms with E-state index in [1.54, 1.807) is 11.3 Å². The van der Waals surface area contributed by atoms with Crippen molar-refractivity contribution in [2.24, 2.45) is 0 Å². The first-order chi connectivity index (χ1) is 14.7. The van der Waals surface area contributed by atoms with Gasteiger partial charge in [-0.1, -0.05) is 24.6 Å². The number of nitrogens with one attached hydrogen (secondary N) is 1. The molecule has 1 saturated carbocycles. The molecule has 1 N–H and O–H groups in total. The lowest BCUT2D eigenvalue weighted by atomic mass is 9.97. The molecule has 3 heterocycles. The van der Waals surface area contributed by atoms with Gasteiger partial charge < -0.3 is 10.1 Å². The Kier molecular flexibility index (Phi) is 6.16. The summed E-state index contributed by atoms with van der Waals surface area (Å²) in [6.07, 6.45) is 11.0. The van der Waals surface area contributed by atoms with Crippen LogP contribution in [-0.4, -0.2) is 40.5 Å². The van der Waals surface area contributed by atoms with E-state index < -0.39 is 0 Å². The Hall–Kier alpha value is -1.38. The molecule has 0 aromatic carbocycles. The highest BCUT2D eigenvalue weighted by Gasteiger charge is 2.27. The number of thioether (sulfide) groups is 1. The molecular formula is C22H29N3O3S2. The quantitative estimate of drug-likeness (QED) is 0.538. The van der Waals surface area contributed by atoms with Crippen LogP contribution in [-0.2, 0) is 22.4 Å².